The predicted molar refractivity (Wildman–Crippen MR) is 152 cm³/mol. The zero-order valence-corrected chi connectivity index (χ0v) is 24.3. The Kier molecular flexibility index (Phi) is 7.42. The molecular weight excluding hydrogens is 600 g/mol. The minimum atomic E-state index is -1.08. The fourth-order valence-corrected chi connectivity index (χ4v) is 6.73. The highest BCUT2D eigenvalue weighted by molar-refractivity contribution is 7.98. The molecule has 0 radical (unpaired) electrons. The zero-order chi connectivity index (χ0) is 30.5. The summed E-state index contributed by atoms with van der Waals surface area (Å²) in [6, 6.07) is 9.83. The third-order valence-electron chi connectivity index (χ3n) is 7.91. The van der Waals surface area contributed by atoms with Crippen LogP contribution in [0.5, 0.6) is 5.75 Å². The number of nitrogens with zero attached hydrogens (tertiary/aromatic N) is 2. The summed E-state index contributed by atoms with van der Waals surface area (Å²) in [4.78, 5) is 41.6. The predicted octanol–water partition coefficient (Wildman–Crippen LogP) is 3.97. The average molecular weight is 628 g/mol. The molecule has 1 unspecified atom stereocenters. The van der Waals surface area contributed by atoms with Crippen LogP contribution in [0.4, 0.5) is 13.6 Å². The zero-order valence-electron chi connectivity index (χ0n) is 23.5. The van der Waals surface area contributed by atoms with Gasteiger partial charge in [-0.25, -0.2) is 18.3 Å². The molecule has 44 heavy (non-hydrogen) atoms. The summed E-state index contributed by atoms with van der Waals surface area (Å²) in [5.74, 6) is -2.84. The van der Waals surface area contributed by atoms with Gasteiger partial charge in [0, 0.05) is 27.8 Å². The lowest BCUT2D eigenvalue weighted by Crippen LogP contribution is -2.62. The summed E-state index contributed by atoms with van der Waals surface area (Å²) in [7, 11) is 1.11. The van der Waals surface area contributed by atoms with Gasteiger partial charge in [0.1, 0.15) is 6.17 Å². The van der Waals surface area contributed by atoms with Gasteiger partial charge in [-0.2, -0.15) is 0 Å². The number of morpholine rings is 1. The topological polar surface area (TPSA) is 118 Å². The first-order valence-electron chi connectivity index (χ1n) is 14.0. The van der Waals surface area contributed by atoms with Gasteiger partial charge in [0.15, 0.2) is 23.6 Å². The number of fused-ring (bicyclic) bond motifs is 4. The number of nitrogens with one attached hydrogen (secondary N) is 1. The summed E-state index contributed by atoms with van der Waals surface area (Å²) in [5.41, 5.74) is 4.25. The van der Waals surface area contributed by atoms with E-state index in [0.29, 0.717) is 5.56 Å². The van der Waals surface area contributed by atoms with Crippen LogP contribution in [0, 0.1) is 11.6 Å². The number of hydrogen-bond donors (Lipinski definition) is 1. The van der Waals surface area contributed by atoms with Crippen molar-refractivity contribution in [2.45, 2.75) is 48.5 Å². The third kappa shape index (κ3) is 5.16. The second-order valence-electron chi connectivity index (χ2n) is 10.7. The maximum absolute atomic E-state index is 15.3. The molecule has 1 saturated heterocycles. The number of hydrogen-bond acceptors (Lipinski definition) is 10. The first-order chi connectivity index (χ1) is 21.3. The van der Waals surface area contributed by atoms with Gasteiger partial charge < -0.3 is 34.0 Å². The van der Waals surface area contributed by atoms with Crippen LogP contribution in [0.15, 0.2) is 46.1 Å². The first-order valence-corrected chi connectivity index (χ1v) is 15.0. The van der Waals surface area contributed by atoms with Crippen molar-refractivity contribution in [2.24, 2.45) is 0 Å². The molecule has 4 heterocycles. The Morgan fingerprint density at radius 1 is 1.16 bits per heavy atom. The minimum absolute atomic E-state index is 0.0652. The third-order valence-corrected chi connectivity index (χ3v) is 9.06. The molecule has 2 atom stereocenters. The van der Waals surface area contributed by atoms with Gasteiger partial charge in [-0.3, -0.25) is 9.59 Å². The lowest BCUT2D eigenvalue weighted by Gasteiger charge is -2.44. The lowest BCUT2D eigenvalue weighted by atomic mass is 9.92. The number of carbonyl (C=O) groups is 2. The number of aromatic nitrogens is 1. The highest BCUT2D eigenvalue weighted by Crippen LogP contribution is 2.41. The monoisotopic (exact) mass is 627 g/mol. The number of benzene rings is 2. The number of halogens is 2. The van der Waals surface area contributed by atoms with Gasteiger partial charge in [-0.15, -0.1) is 11.8 Å². The fraction of sp³-hybridized carbons (Fsp3) is 0.367. The normalized spacial score (nSPS) is 20.3. The minimum Gasteiger partial charge on any atom is -0.451 e. The van der Waals surface area contributed by atoms with E-state index in [1.54, 1.807) is 0 Å². The standard InChI is InChI=1S/C30H27F2N3O8S/c1-39-30(38)42-14-41-28-22(36)10-21(35-27(28)29(37)34-11-25(43-16-6-7-16)40-12-24(34)33-35)18-9-20(31)26(32)19-13-44-23-5-3-2-4-15(23)8-17(18)19/h2-5,9-10,16,24-25,33H,6-8,11-14H2,1H3/t24-,25?/m0/s1. The Labute approximate surface area is 253 Å². The van der Waals surface area contributed by atoms with Gasteiger partial charge >= 0.3 is 6.16 Å². The van der Waals surface area contributed by atoms with Crippen molar-refractivity contribution >= 4 is 23.8 Å². The van der Waals surface area contributed by atoms with Crippen LogP contribution in [-0.4, -0.2) is 67.3 Å². The largest absolute Gasteiger partial charge is 0.510 e. The summed E-state index contributed by atoms with van der Waals surface area (Å²) in [6.45, 7) is -0.566. The van der Waals surface area contributed by atoms with Gasteiger partial charge in [0.05, 0.1) is 32.1 Å². The highest BCUT2D eigenvalue weighted by Gasteiger charge is 2.43. The Balaban J connectivity index is 1.36. The maximum atomic E-state index is 15.3. The number of ether oxygens (including phenoxy) is 5. The molecule has 3 aromatic rings. The van der Waals surface area contributed by atoms with Crippen LogP contribution < -0.4 is 15.6 Å². The smallest absolute Gasteiger partial charge is 0.451 e. The molecule has 1 amide bonds. The SMILES string of the molecule is COC(=O)OCOc1c2n(c(-c3cc(F)c(F)c4c3Cc3ccccc3SC4)cc1=O)N[C@@H]1COC(OC3CC3)CN1C2=O. The van der Waals surface area contributed by atoms with Crippen LogP contribution in [0.1, 0.15) is 40.0 Å². The lowest BCUT2D eigenvalue weighted by molar-refractivity contribution is -0.191. The van der Waals surface area contributed by atoms with Crippen LogP contribution in [0.25, 0.3) is 11.3 Å². The summed E-state index contributed by atoms with van der Waals surface area (Å²) in [5, 5.41) is 0. The summed E-state index contributed by atoms with van der Waals surface area (Å²) in [6.07, 6.45) is -0.199. The van der Waals surface area contributed by atoms with Gasteiger partial charge in [-0.1, -0.05) is 18.2 Å². The molecule has 1 aliphatic carbocycles. The molecular formula is C30H27F2N3O8S. The molecule has 0 spiro atoms. The maximum Gasteiger partial charge on any atom is 0.510 e. The highest BCUT2D eigenvalue weighted by atomic mass is 32.2. The van der Waals surface area contributed by atoms with Crippen molar-refractivity contribution in [2.75, 3.05) is 32.5 Å². The van der Waals surface area contributed by atoms with E-state index in [1.807, 2.05) is 24.3 Å². The second-order valence-corrected chi connectivity index (χ2v) is 11.7. The number of rotatable bonds is 6. The molecule has 0 bridgehead atoms. The molecule has 1 saturated carbocycles. The molecule has 230 valence electrons. The molecule has 3 aliphatic heterocycles. The van der Waals surface area contributed by atoms with Crippen molar-refractivity contribution in [3.63, 3.8) is 0 Å². The first kappa shape index (κ1) is 28.6. The van der Waals surface area contributed by atoms with Crippen LogP contribution >= 0.6 is 11.8 Å². The van der Waals surface area contributed by atoms with E-state index in [0.717, 1.165) is 36.5 Å². The number of methoxy groups -OCH3 is 1. The number of pyridine rings is 1. The molecule has 2 aromatic carbocycles. The Morgan fingerprint density at radius 2 is 1.98 bits per heavy atom. The van der Waals surface area contributed by atoms with E-state index in [4.69, 9.17) is 18.9 Å². The fourth-order valence-electron chi connectivity index (χ4n) is 5.63. The molecule has 1 N–H and O–H groups in total. The van der Waals surface area contributed by atoms with E-state index in [1.165, 1.54) is 27.4 Å². The number of carbonyl (C=O) groups excluding carboxylic acids is 2. The molecule has 1 aromatic heterocycles. The number of thioether (sulfide) groups is 1. The Hall–Kier alpha value is -4.14. The molecule has 14 heteroatoms. The van der Waals surface area contributed by atoms with Gasteiger partial charge in [-0.05, 0) is 42.5 Å². The van der Waals surface area contributed by atoms with Gasteiger partial charge in [0.25, 0.3) is 5.91 Å². The van der Waals surface area contributed by atoms with E-state index < -0.39 is 54.1 Å². The van der Waals surface area contributed by atoms with Crippen molar-refractivity contribution < 1.29 is 42.1 Å². The van der Waals surface area contributed by atoms with Crippen molar-refractivity contribution in [3.8, 4) is 17.0 Å². The number of amides is 1. The van der Waals surface area contributed by atoms with E-state index in [2.05, 4.69) is 10.2 Å². The summed E-state index contributed by atoms with van der Waals surface area (Å²) >= 11 is 1.40. The van der Waals surface area contributed by atoms with E-state index in [9.17, 15) is 14.4 Å². The van der Waals surface area contributed by atoms with Crippen LogP contribution in [-0.2, 0) is 31.1 Å². The summed E-state index contributed by atoms with van der Waals surface area (Å²) < 4.78 is 58.4. The second kappa shape index (κ2) is 11.4. The van der Waals surface area contributed by atoms with Crippen molar-refractivity contribution in [3.05, 3.63) is 80.6 Å². The van der Waals surface area contributed by atoms with Crippen molar-refractivity contribution in [1.29, 1.82) is 0 Å². The quantitative estimate of drug-likeness (QED) is 0.318. The molecule has 11 nitrogen and oxygen atoms in total. The van der Waals surface area contributed by atoms with Crippen LogP contribution in [0.3, 0.4) is 0 Å². The molecule has 2 fully saturated rings. The van der Waals surface area contributed by atoms with E-state index >= 15 is 8.78 Å². The Morgan fingerprint density at radius 3 is 2.77 bits per heavy atom. The van der Waals surface area contributed by atoms with Gasteiger partial charge in [0.2, 0.25) is 18.0 Å². The average Bonchev–Trinajstić information content (AvgIpc) is 3.86. The van der Waals surface area contributed by atoms with Crippen LogP contribution in [0.2, 0.25) is 0 Å². The Bertz CT molecular complexity index is 1730. The molecule has 4 aliphatic rings. The van der Waals surface area contributed by atoms with Crippen molar-refractivity contribution in [1.82, 2.24) is 9.58 Å². The van der Waals surface area contributed by atoms with E-state index in [-0.39, 0.29) is 53.9 Å². The molecule has 7 rings (SSSR count).